The molecule has 0 saturated carbocycles. The van der Waals surface area contributed by atoms with Crippen molar-refractivity contribution in [3.05, 3.63) is 0 Å². The van der Waals surface area contributed by atoms with Gasteiger partial charge in [-0.15, -0.1) is 0 Å². The third-order valence-corrected chi connectivity index (χ3v) is 2.22. The van der Waals surface area contributed by atoms with E-state index in [-0.39, 0.29) is 12.3 Å². The van der Waals surface area contributed by atoms with Crippen LogP contribution in [0.1, 0.15) is 33.6 Å². The van der Waals surface area contributed by atoms with Gasteiger partial charge in [0.05, 0.1) is 12.5 Å². The van der Waals surface area contributed by atoms with Gasteiger partial charge in [-0.2, -0.15) is 0 Å². The van der Waals surface area contributed by atoms with Crippen LogP contribution in [0.5, 0.6) is 0 Å². The van der Waals surface area contributed by atoms with Crippen LogP contribution in [0.2, 0.25) is 0 Å². The van der Waals surface area contributed by atoms with Gasteiger partial charge >= 0.3 is 0 Å². The second-order valence-electron chi connectivity index (χ2n) is 4.11. The van der Waals surface area contributed by atoms with E-state index in [2.05, 4.69) is 19.2 Å². The van der Waals surface area contributed by atoms with Crippen molar-refractivity contribution in [3.63, 3.8) is 0 Å². The standard InChI is InChI=1S/C10H22N2O2/c1-7(2)12-5-4-8(3)9(13)6-10(11)14/h7-9,12-13H,4-6H2,1-3H3,(H2,11,14)/t8-,9+/m1/s1. The van der Waals surface area contributed by atoms with Gasteiger partial charge in [0, 0.05) is 6.04 Å². The highest BCUT2D eigenvalue weighted by molar-refractivity contribution is 5.74. The zero-order valence-corrected chi connectivity index (χ0v) is 9.29. The van der Waals surface area contributed by atoms with E-state index in [0.717, 1.165) is 13.0 Å². The first-order valence-electron chi connectivity index (χ1n) is 5.13. The summed E-state index contributed by atoms with van der Waals surface area (Å²) >= 11 is 0. The van der Waals surface area contributed by atoms with Gasteiger partial charge in [0.1, 0.15) is 0 Å². The Kier molecular flexibility index (Phi) is 6.49. The summed E-state index contributed by atoms with van der Waals surface area (Å²) in [6, 6.07) is 0.454. The number of carbonyl (C=O) groups is 1. The average molecular weight is 202 g/mol. The molecule has 0 spiro atoms. The van der Waals surface area contributed by atoms with Gasteiger partial charge < -0.3 is 16.2 Å². The molecular weight excluding hydrogens is 180 g/mol. The largest absolute Gasteiger partial charge is 0.392 e. The number of hydrogen-bond acceptors (Lipinski definition) is 3. The number of aliphatic hydroxyl groups is 1. The topological polar surface area (TPSA) is 75.3 Å². The molecule has 1 amide bonds. The Balaban J connectivity index is 3.61. The Morgan fingerprint density at radius 2 is 2.00 bits per heavy atom. The molecule has 0 aromatic rings. The maximum absolute atomic E-state index is 10.5. The van der Waals surface area contributed by atoms with Crippen LogP contribution in [0, 0.1) is 5.92 Å². The first-order chi connectivity index (χ1) is 6.43. The molecule has 0 aliphatic heterocycles. The Bertz CT molecular complexity index is 172. The minimum absolute atomic E-state index is 0.0584. The van der Waals surface area contributed by atoms with Crippen molar-refractivity contribution >= 4 is 5.91 Å². The molecule has 4 heteroatoms. The Morgan fingerprint density at radius 1 is 1.43 bits per heavy atom. The molecule has 0 unspecified atom stereocenters. The Hall–Kier alpha value is -0.610. The molecule has 0 saturated heterocycles. The van der Waals surface area contributed by atoms with Crippen molar-refractivity contribution in [2.45, 2.75) is 45.8 Å². The lowest BCUT2D eigenvalue weighted by molar-refractivity contribution is -0.120. The molecule has 0 rings (SSSR count). The first kappa shape index (κ1) is 13.4. The number of primary amides is 1. The lowest BCUT2D eigenvalue weighted by Gasteiger charge is -2.18. The Labute approximate surface area is 85.9 Å². The van der Waals surface area contributed by atoms with Gasteiger partial charge in [0.2, 0.25) is 5.91 Å². The van der Waals surface area contributed by atoms with E-state index in [1.54, 1.807) is 0 Å². The van der Waals surface area contributed by atoms with Crippen LogP contribution in [-0.2, 0) is 4.79 Å². The van der Waals surface area contributed by atoms with Gasteiger partial charge in [-0.3, -0.25) is 4.79 Å². The summed E-state index contributed by atoms with van der Waals surface area (Å²) in [5.74, 6) is -0.338. The quantitative estimate of drug-likeness (QED) is 0.554. The smallest absolute Gasteiger partial charge is 0.220 e. The summed E-state index contributed by atoms with van der Waals surface area (Å²) in [5.41, 5.74) is 4.99. The molecule has 0 fully saturated rings. The SMILES string of the molecule is CC(C)NCC[C@@H](C)[C@@H](O)CC(N)=O. The number of carbonyl (C=O) groups excluding carboxylic acids is 1. The van der Waals surface area contributed by atoms with Crippen molar-refractivity contribution in [3.8, 4) is 0 Å². The second kappa shape index (κ2) is 6.79. The molecule has 2 atom stereocenters. The summed E-state index contributed by atoms with van der Waals surface area (Å²) in [4.78, 5) is 10.5. The van der Waals surface area contributed by atoms with Gasteiger partial charge in [-0.1, -0.05) is 20.8 Å². The summed E-state index contributed by atoms with van der Waals surface area (Å²) in [6.45, 7) is 6.93. The fraction of sp³-hybridized carbons (Fsp3) is 0.900. The zero-order valence-electron chi connectivity index (χ0n) is 9.29. The van der Waals surface area contributed by atoms with Gasteiger partial charge in [-0.05, 0) is 18.9 Å². The lowest BCUT2D eigenvalue weighted by atomic mass is 9.98. The molecule has 4 nitrogen and oxygen atoms in total. The van der Waals surface area contributed by atoms with E-state index in [4.69, 9.17) is 5.73 Å². The van der Waals surface area contributed by atoms with Crippen LogP contribution in [0.4, 0.5) is 0 Å². The second-order valence-corrected chi connectivity index (χ2v) is 4.11. The fourth-order valence-corrected chi connectivity index (χ4v) is 1.20. The van der Waals surface area contributed by atoms with Crippen molar-refractivity contribution in [2.75, 3.05) is 6.54 Å². The molecule has 0 aliphatic carbocycles. The third kappa shape index (κ3) is 6.86. The normalized spacial score (nSPS) is 15.5. The number of hydrogen-bond donors (Lipinski definition) is 3. The molecule has 0 heterocycles. The minimum atomic E-state index is -0.610. The average Bonchev–Trinajstić information content (AvgIpc) is 2.01. The van der Waals surface area contributed by atoms with Crippen LogP contribution in [-0.4, -0.2) is 29.7 Å². The van der Waals surface area contributed by atoms with E-state index in [9.17, 15) is 9.90 Å². The molecular formula is C10H22N2O2. The van der Waals surface area contributed by atoms with E-state index < -0.39 is 12.0 Å². The summed E-state index contributed by atoms with van der Waals surface area (Å²) < 4.78 is 0. The highest BCUT2D eigenvalue weighted by Gasteiger charge is 2.15. The Morgan fingerprint density at radius 3 is 2.43 bits per heavy atom. The number of nitrogens with two attached hydrogens (primary N) is 1. The van der Waals surface area contributed by atoms with Crippen molar-refractivity contribution in [2.24, 2.45) is 11.7 Å². The minimum Gasteiger partial charge on any atom is -0.392 e. The monoisotopic (exact) mass is 202 g/mol. The molecule has 4 N–H and O–H groups in total. The van der Waals surface area contributed by atoms with Crippen LogP contribution in [0.3, 0.4) is 0 Å². The maximum Gasteiger partial charge on any atom is 0.220 e. The third-order valence-electron chi connectivity index (χ3n) is 2.22. The van der Waals surface area contributed by atoms with Crippen LogP contribution in [0.25, 0.3) is 0 Å². The molecule has 0 bridgehead atoms. The highest BCUT2D eigenvalue weighted by atomic mass is 16.3. The first-order valence-corrected chi connectivity index (χ1v) is 5.13. The van der Waals surface area contributed by atoms with Crippen molar-refractivity contribution in [1.82, 2.24) is 5.32 Å². The molecule has 0 aromatic carbocycles. The van der Waals surface area contributed by atoms with E-state index in [1.807, 2.05) is 6.92 Å². The van der Waals surface area contributed by atoms with Crippen LogP contribution in [0.15, 0.2) is 0 Å². The summed E-state index contributed by atoms with van der Waals surface area (Å²) in [6.07, 6.45) is 0.302. The number of amides is 1. The van der Waals surface area contributed by atoms with Gasteiger partial charge in [0.15, 0.2) is 0 Å². The van der Waals surface area contributed by atoms with Crippen molar-refractivity contribution < 1.29 is 9.90 Å². The number of nitrogens with one attached hydrogen (secondary N) is 1. The maximum atomic E-state index is 10.5. The van der Waals surface area contributed by atoms with Crippen LogP contribution >= 0.6 is 0 Å². The van der Waals surface area contributed by atoms with E-state index in [0.29, 0.717) is 6.04 Å². The number of aliphatic hydroxyl groups excluding tert-OH is 1. The van der Waals surface area contributed by atoms with Gasteiger partial charge in [-0.25, -0.2) is 0 Å². The predicted octanol–water partition coefficient (Wildman–Crippen LogP) is 0.247. The fourth-order valence-electron chi connectivity index (χ4n) is 1.20. The summed E-state index contributed by atoms with van der Waals surface area (Å²) in [7, 11) is 0. The molecule has 14 heavy (non-hydrogen) atoms. The number of rotatable bonds is 7. The molecule has 0 radical (unpaired) electrons. The molecule has 0 aromatic heterocycles. The lowest BCUT2D eigenvalue weighted by Crippen LogP contribution is -2.30. The van der Waals surface area contributed by atoms with Crippen LogP contribution < -0.4 is 11.1 Å². The van der Waals surface area contributed by atoms with Crippen molar-refractivity contribution in [1.29, 1.82) is 0 Å². The van der Waals surface area contributed by atoms with E-state index >= 15 is 0 Å². The zero-order chi connectivity index (χ0) is 11.1. The van der Waals surface area contributed by atoms with Gasteiger partial charge in [0.25, 0.3) is 0 Å². The predicted molar refractivity (Wildman–Crippen MR) is 56.7 cm³/mol. The molecule has 0 aliphatic rings. The highest BCUT2D eigenvalue weighted by Crippen LogP contribution is 2.10. The van der Waals surface area contributed by atoms with E-state index in [1.165, 1.54) is 0 Å². The molecule has 84 valence electrons. The summed E-state index contributed by atoms with van der Waals surface area (Å²) in [5, 5.41) is 12.8.